The molecule has 0 saturated carbocycles. The SMILES string of the molecule is COCCNS(=O)(=O)c1cc(Cl)cc(CNC(C)C)c1Cl. The predicted octanol–water partition coefficient (Wildman–Crippen LogP) is 2.42. The fourth-order valence-electron chi connectivity index (χ4n) is 1.61. The molecular formula is C13H20Cl2N2O3S. The molecule has 1 aromatic rings. The maximum Gasteiger partial charge on any atom is 0.242 e. The van der Waals surface area contributed by atoms with E-state index in [9.17, 15) is 8.42 Å². The molecule has 0 saturated heterocycles. The lowest BCUT2D eigenvalue weighted by molar-refractivity contribution is 0.204. The van der Waals surface area contributed by atoms with Gasteiger partial charge in [-0.2, -0.15) is 0 Å². The second-order valence-corrected chi connectivity index (χ2v) is 7.35. The van der Waals surface area contributed by atoms with E-state index in [1.54, 1.807) is 6.07 Å². The first-order chi connectivity index (χ1) is 9.77. The molecule has 1 aromatic carbocycles. The second-order valence-electron chi connectivity index (χ2n) is 4.80. The van der Waals surface area contributed by atoms with E-state index >= 15 is 0 Å². The van der Waals surface area contributed by atoms with E-state index in [0.717, 1.165) is 0 Å². The molecule has 0 aliphatic carbocycles. The smallest absolute Gasteiger partial charge is 0.242 e. The fraction of sp³-hybridized carbons (Fsp3) is 0.538. The van der Waals surface area contributed by atoms with Crippen molar-refractivity contribution in [3.63, 3.8) is 0 Å². The van der Waals surface area contributed by atoms with Gasteiger partial charge >= 0.3 is 0 Å². The summed E-state index contributed by atoms with van der Waals surface area (Å²) in [5.74, 6) is 0. The molecule has 0 heterocycles. The third-order valence-corrected chi connectivity index (χ3v) is 4.93. The van der Waals surface area contributed by atoms with E-state index in [1.165, 1.54) is 13.2 Å². The highest BCUT2D eigenvalue weighted by atomic mass is 35.5. The second kappa shape index (κ2) is 8.31. The summed E-state index contributed by atoms with van der Waals surface area (Å²) in [5, 5.41) is 3.69. The molecule has 0 aliphatic heterocycles. The molecule has 2 N–H and O–H groups in total. The van der Waals surface area contributed by atoms with Crippen LogP contribution in [0.4, 0.5) is 0 Å². The van der Waals surface area contributed by atoms with Crippen LogP contribution in [0.3, 0.4) is 0 Å². The zero-order chi connectivity index (χ0) is 16.0. The van der Waals surface area contributed by atoms with Crippen molar-refractivity contribution >= 4 is 33.2 Å². The first kappa shape index (κ1) is 18.7. The lowest BCUT2D eigenvalue weighted by Gasteiger charge is -2.14. The minimum Gasteiger partial charge on any atom is -0.383 e. The molecule has 1 rings (SSSR count). The van der Waals surface area contributed by atoms with E-state index < -0.39 is 10.0 Å². The first-order valence-corrected chi connectivity index (χ1v) is 8.71. The molecule has 0 bridgehead atoms. The van der Waals surface area contributed by atoms with Crippen molar-refractivity contribution in [3.8, 4) is 0 Å². The summed E-state index contributed by atoms with van der Waals surface area (Å²) in [6.07, 6.45) is 0. The summed E-state index contributed by atoms with van der Waals surface area (Å²) in [4.78, 5) is -0.0201. The molecule has 0 aromatic heterocycles. The third-order valence-electron chi connectivity index (χ3n) is 2.67. The Balaban J connectivity index is 3.06. The molecule has 8 heteroatoms. The zero-order valence-corrected chi connectivity index (χ0v) is 14.6. The highest BCUT2D eigenvalue weighted by Gasteiger charge is 2.20. The van der Waals surface area contributed by atoms with Gasteiger partial charge in [0.1, 0.15) is 4.90 Å². The highest BCUT2D eigenvalue weighted by molar-refractivity contribution is 7.89. The number of hydrogen-bond donors (Lipinski definition) is 2. The maximum atomic E-state index is 12.2. The van der Waals surface area contributed by atoms with Crippen molar-refractivity contribution < 1.29 is 13.2 Å². The van der Waals surface area contributed by atoms with E-state index in [1.807, 2.05) is 13.8 Å². The number of halogens is 2. The summed E-state index contributed by atoms with van der Waals surface area (Å²) >= 11 is 12.2. The molecule has 0 aliphatic rings. The van der Waals surface area contributed by atoms with Gasteiger partial charge in [-0.25, -0.2) is 13.1 Å². The Kier molecular flexibility index (Phi) is 7.39. The Bertz CT molecular complexity index is 577. The number of methoxy groups -OCH3 is 1. The summed E-state index contributed by atoms with van der Waals surface area (Å²) in [7, 11) is -2.22. The van der Waals surface area contributed by atoms with Crippen LogP contribution in [-0.2, 0) is 21.3 Å². The summed E-state index contributed by atoms with van der Waals surface area (Å²) in [6, 6.07) is 3.26. The summed E-state index contributed by atoms with van der Waals surface area (Å²) in [5.41, 5.74) is 0.644. The van der Waals surface area contributed by atoms with Crippen molar-refractivity contribution in [2.75, 3.05) is 20.3 Å². The molecule has 0 radical (unpaired) electrons. The van der Waals surface area contributed by atoms with Gasteiger partial charge < -0.3 is 10.1 Å². The minimum absolute atomic E-state index is 0.0201. The monoisotopic (exact) mass is 354 g/mol. The van der Waals surface area contributed by atoms with Crippen molar-refractivity contribution in [2.45, 2.75) is 31.3 Å². The van der Waals surface area contributed by atoms with Gasteiger partial charge in [0.2, 0.25) is 10.0 Å². The van der Waals surface area contributed by atoms with E-state index in [-0.39, 0.29) is 29.1 Å². The van der Waals surface area contributed by atoms with Gasteiger partial charge in [0.25, 0.3) is 0 Å². The molecule has 5 nitrogen and oxygen atoms in total. The minimum atomic E-state index is -3.72. The van der Waals surface area contributed by atoms with Gasteiger partial charge in [-0.1, -0.05) is 37.0 Å². The molecular weight excluding hydrogens is 335 g/mol. The Morgan fingerprint density at radius 3 is 2.52 bits per heavy atom. The molecule has 21 heavy (non-hydrogen) atoms. The third kappa shape index (κ3) is 5.73. The van der Waals surface area contributed by atoms with Crippen molar-refractivity contribution in [2.24, 2.45) is 0 Å². The largest absolute Gasteiger partial charge is 0.383 e. The van der Waals surface area contributed by atoms with Crippen LogP contribution in [-0.4, -0.2) is 34.7 Å². The summed E-state index contributed by atoms with van der Waals surface area (Å²) in [6.45, 7) is 4.86. The Morgan fingerprint density at radius 2 is 1.95 bits per heavy atom. The molecule has 0 amide bonds. The number of sulfonamides is 1. The molecule has 0 atom stereocenters. The average molecular weight is 355 g/mol. The van der Waals surface area contributed by atoms with E-state index in [2.05, 4.69) is 10.0 Å². The van der Waals surface area contributed by atoms with Gasteiger partial charge in [-0.3, -0.25) is 0 Å². The van der Waals surface area contributed by atoms with Crippen LogP contribution in [0.2, 0.25) is 10.0 Å². The van der Waals surface area contributed by atoms with Crippen LogP contribution in [0, 0.1) is 0 Å². The standard InChI is InChI=1S/C13H20Cl2N2O3S/c1-9(2)16-8-10-6-11(14)7-12(13(10)15)21(18,19)17-4-5-20-3/h6-7,9,16-17H,4-5,8H2,1-3H3. The van der Waals surface area contributed by atoms with E-state index in [4.69, 9.17) is 27.9 Å². The predicted molar refractivity (Wildman–Crippen MR) is 85.5 cm³/mol. The van der Waals surface area contributed by atoms with Crippen molar-refractivity contribution in [1.82, 2.24) is 10.0 Å². The fourth-order valence-corrected chi connectivity index (χ4v) is 3.56. The molecule has 0 unspecified atom stereocenters. The maximum absolute atomic E-state index is 12.2. The number of benzene rings is 1. The average Bonchev–Trinajstić information content (AvgIpc) is 2.39. The van der Waals surface area contributed by atoms with Gasteiger partial charge in [0, 0.05) is 31.3 Å². The molecule has 0 spiro atoms. The Labute approximate surface area is 136 Å². The number of ether oxygens (including phenoxy) is 1. The van der Waals surface area contributed by atoms with Crippen LogP contribution < -0.4 is 10.0 Å². The highest BCUT2D eigenvalue weighted by Crippen LogP contribution is 2.29. The van der Waals surface area contributed by atoms with Crippen LogP contribution in [0.15, 0.2) is 17.0 Å². The Hall–Kier alpha value is -0.370. The van der Waals surface area contributed by atoms with Gasteiger partial charge in [-0.15, -0.1) is 0 Å². The number of hydrogen-bond acceptors (Lipinski definition) is 4. The van der Waals surface area contributed by atoms with Gasteiger partial charge in [-0.05, 0) is 17.7 Å². The molecule has 120 valence electrons. The first-order valence-electron chi connectivity index (χ1n) is 6.48. The van der Waals surface area contributed by atoms with Crippen LogP contribution in [0.5, 0.6) is 0 Å². The molecule has 0 fully saturated rings. The quantitative estimate of drug-likeness (QED) is 0.703. The number of nitrogens with one attached hydrogen (secondary N) is 2. The van der Waals surface area contributed by atoms with Gasteiger partial charge in [0.15, 0.2) is 0 Å². The van der Waals surface area contributed by atoms with Crippen molar-refractivity contribution in [1.29, 1.82) is 0 Å². The number of rotatable bonds is 8. The van der Waals surface area contributed by atoms with Crippen LogP contribution in [0.1, 0.15) is 19.4 Å². The normalized spacial score (nSPS) is 12.1. The van der Waals surface area contributed by atoms with E-state index in [0.29, 0.717) is 17.1 Å². The topological polar surface area (TPSA) is 67.4 Å². The van der Waals surface area contributed by atoms with Gasteiger partial charge in [0.05, 0.1) is 11.6 Å². The van der Waals surface area contributed by atoms with Crippen LogP contribution >= 0.6 is 23.2 Å². The van der Waals surface area contributed by atoms with Crippen LogP contribution in [0.25, 0.3) is 0 Å². The zero-order valence-electron chi connectivity index (χ0n) is 12.2. The van der Waals surface area contributed by atoms with Crippen molar-refractivity contribution in [3.05, 3.63) is 27.7 Å². The Morgan fingerprint density at radius 1 is 1.29 bits per heavy atom. The lowest BCUT2D eigenvalue weighted by Crippen LogP contribution is -2.28. The summed E-state index contributed by atoms with van der Waals surface area (Å²) < 4.78 is 31.7. The lowest BCUT2D eigenvalue weighted by atomic mass is 10.2.